The molecular weight excluding hydrogens is 300 g/mol. The zero-order chi connectivity index (χ0) is 17.0. The van der Waals surface area contributed by atoms with Gasteiger partial charge in [0.1, 0.15) is 11.5 Å². The molecule has 0 fully saturated rings. The second-order valence-corrected chi connectivity index (χ2v) is 5.75. The molecule has 24 heavy (non-hydrogen) atoms. The zero-order valence-electron chi connectivity index (χ0n) is 14.0. The van der Waals surface area contributed by atoms with Gasteiger partial charge in [0.25, 0.3) is 0 Å². The van der Waals surface area contributed by atoms with Crippen LogP contribution in [-0.4, -0.2) is 12.5 Å². The van der Waals surface area contributed by atoms with Crippen molar-refractivity contribution in [1.29, 1.82) is 0 Å². The van der Waals surface area contributed by atoms with Crippen LogP contribution >= 0.6 is 0 Å². The quantitative estimate of drug-likeness (QED) is 0.649. The number of nitrogens with one attached hydrogen (secondary N) is 1. The van der Waals surface area contributed by atoms with E-state index >= 15 is 0 Å². The fourth-order valence-electron chi connectivity index (χ4n) is 2.43. The van der Waals surface area contributed by atoms with Gasteiger partial charge in [0, 0.05) is 18.5 Å². The molecule has 4 heteroatoms. The summed E-state index contributed by atoms with van der Waals surface area (Å²) in [6, 6.07) is 17.4. The number of unbranched alkanes of at least 4 members (excludes halogenated alkanes) is 3. The molecule has 0 aromatic heterocycles. The first kappa shape index (κ1) is 18.0. The lowest BCUT2D eigenvalue weighted by atomic mass is 10.1. The third-order valence-corrected chi connectivity index (χ3v) is 3.78. The molecule has 0 aliphatic carbocycles. The Morgan fingerprint density at radius 2 is 1.62 bits per heavy atom. The zero-order valence-corrected chi connectivity index (χ0v) is 14.0. The number of hydrogen-bond donors (Lipinski definition) is 2. The van der Waals surface area contributed by atoms with Gasteiger partial charge in [-0.15, -0.1) is 0 Å². The van der Waals surface area contributed by atoms with Gasteiger partial charge in [-0.25, -0.2) is 0 Å². The molecule has 2 rings (SSSR count). The van der Waals surface area contributed by atoms with Crippen LogP contribution in [0, 0.1) is 0 Å². The average Bonchev–Trinajstić information content (AvgIpc) is 2.62. The summed E-state index contributed by atoms with van der Waals surface area (Å²) in [6.45, 7) is 1.20. The number of carbonyl (C=O) groups excluding carboxylic acids is 1. The maximum absolute atomic E-state index is 11.9. The number of para-hydroxylation sites is 2. The normalized spacial score (nSPS) is 10.4. The van der Waals surface area contributed by atoms with Crippen molar-refractivity contribution in [3.63, 3.8) is 0 Å². The monoisotopic (exact) mass is 326 g/mol. The highest BCUT2D eigenvalue weighted by Crippen LogP contribution is 2.24. The lowest BCUT2D eigenvalue weighted by molar-refractivity contribution is -0.121. The highest BCUT2D eigenvalue weighted by atomic mass is 16.5. The summed E-state index contributed by atoms with van der Waals surface area (Å²) in [5.41, 5.74) is 6.43. The minimum absolute atomic E-state index is 0.0808. The van der Waals surface area contributed by atoms with Crippen LogP contribution in [0.3, 0.4) is 0 Å². The lowest BCUT2D eigenvalue weighted by Crippen LogP contribution is -2.22. The van der Waals surface area contributed by atoms with E-state index in [4.69, 9.17) is 10.5 Å². The maximum atomic E-state index is 11.9. The Bertz CT molecular complexity index is 614. The van der Waals surface area contributed by atoms with Gasteiger partial charge in [0.05, 0.1) is 0 Å². The van der Waals surface area contributed by atoms with Gasteiger partial charge in [0.2, 0.25) is 5.91 Å². The molecule has 3 N–H and O–H groups in total. The minimum Gasteiger partial charge on any atom is -0.457 e. The van der Waals surface area contributed by atoms with Crippen molar-refractivity contribution in [2.24, 2.45) is 5.73 Å². The van der Waals surface area contributed by atoms with Gasteiger partial charge in [-0.1, -0.05) is 49.2 Å². The van der Waals surface area contributed by atoms with Crippen LogP contribution in [0.15, 0.2) is 54.6 Å². The Kier molecular flexibility index (Phi) is 7.84. The van der Waals surface area contributed by atoms with Crippen molar-refractivity contribution in [1.82, 2.24) is 5.32 Å². The highest BCUT2D eigenvalue weighted by Gasteiger charge is 2.06. The fraction of sp³-hybridized carbons (Fsp3) is 0.350. The first-order valence-corrected chi connectivity index (χ1v) is 8.57. The Morgan fingerprint density at radius 1 is 0.917 bits per heavy atom. The van der Waals surface area contributed by atoms with Crippen LogP contribution in [0.5, 0.6) is 11.5 Å². The van der Waals surface area contributed by atoms with Gasteiger partial charge >= 0.3 is 0 Å². The minimum atomic E-state index is 0.0808. The van der Waals surface area contributed by atoms with Gasteiger partial charge in [-0.2, -0.15) is 0 Å². The molecule has 4 nitrogen and oxygen atoms in total. The standard InChI is InChI=1S/C20H26N2O2/c21-15-9-2-1-6-14-20(23)22-16-17-10-7-8-13-19(17)24-18-11-4-3-5-12-18/h3-5,7-8,10-13H,1-2,6,9,14-16,21H2,(H,22,23). The van der Waals surface area contributed by atoms with Gasteiger partial charge in [0.15, 0.2) is 0 Å². The van der Waals surface area contributed by atoms with Crippen molar-refractivity contribution in [2.45, 2.75) is 38.6 Å². The van der Waals surface area contributed by atoms with Crippen LogP contribution in [0.2, 0.25) is 0 Å². The molecule has 0 unspecified atom stereocenters. The van der Waals surface area contributed by atoms with Crippen molar-refractivity contribution < 1.29 is 9.53 Å². The third kappa shape index (κ3) is 6.42. The van der Waals surface area contributed by atoms with Gasteiger partial charge in [-0.05, 0) is 37.6 Å². The molecule has 1 amide bonds. The van der Waals surface area contributed by atoms with E-state index in [1.165, 1.54) is 0 Å². The van der Waals surface area contributed by atoms with Crippen LogP contribution < -0.4 is 15.8 Å². The summed E-state index contributed by atoms with van der Waals surface area (Å²) in [6.07, 6.45) is 4.65. The summed E-state index contributed by atoms with van der Waals surface area (Å²) < 4.78 is 5.90. The molecular formula is C20H26N2O2. The van der Waals surface area contributed by atoms with E-state index in [0.717, 1.165) is 49.3 Å². The number of rotatable bonds is 10. The van der Waals surface area contributed by atoms with E-state index in [9.17, 15) is 4.79 Å². The largest absolute Gasteiger partial charge is 0.457 e. The van der Waals surface area contributed by atoms with Crippen molar-refractivity contribution in [2.75, 3.05) is 6.54 Å². The number of hydrogen-bond acceptors (Lipinski definition) is 3. The van der Waals surface area contributed by atoms with Crippen LogP contribution in [0.25, 0.3) is 0 Å². The molecule has 0 bridgehead atoms. The molecule has 0 aliphatic rings. The summed E-state index contributed by atoms with van der Waals surface area (Å²) in [4.78, 5) is 11.9. The van der Waals surface area contributed by atoms with Crippen LogP contribution in [0.4, 0.5) is 0 Å². The van der Waals surface area contributed by atoms with E-state index in [1.807, 2.05) is 54.6 Å². The van der Waals surface area contributed by atoms with Crippen LogP contribution in [-0.2, 0) is 11.3 Å². The number of ether oxygens (including phenoxy) is 1. The molecule has 0 spiro atoms. The summed E-state index contributed by atoms with van der Waals surface area (Å²) in [7, 11) is 0. The van der Waals surface area contributed by atoms with E-state index in [2.05, 4.69) is 5.32 Å². The Morgan fingerprint density at radius 3 is 2.42 bits per heavy atom. The molecule has 0 heterocycles. The summed E-state index contributed by atoms with van der Waals surface area (Å²) in [5, 5.41) is 2.97. The van der Waals surface area contributed by atoms with E-state index in [1.54, 1.807) is 0 Å². The SMILES string of the molecule is NCCCCCCC(=O)NCc1ccccc1Oc1ccccc1. The fourth-order valence-corrected chi connectivity index (χ4v) is 2.43. The average molecular weight is 326 g/mol. The predicted octanol–water partition coefficient (Wildman–Crippen LogP) is 4.00. The van der Waals surface area contributed by atoms with Gasteiger partial charge in [-0.3, -0.25) is 4.79 Å². The number of nitrogens with two attached hydrogens (primary N) is 1. The molecule has 0 saturated heterocycles. The number of carbonyl (C=O) groups is 1. The topological polar surface area (TPSA) is 64.4 Å². The molecule has 2 aromatic rings. The Balaban J connectivity index is 1.81. The van der Waals surface area contributed by atoms with Gasteiger partial charge < -0.3 is 15.8 Å². The van der Waals surface area contributed by atoms with E-state index in [0.29, 0.717) is 13.0 Å². The smallest absolute Gasteiger partial charge is 0.220 e. The second kappa shape index (κ2) is 10.4. The third-order valence-electron chi connectivity index (χ3n) is 3.78. The van der Waals surface area contributed by atoms with Crippen LogP contribution in [0.1, 0.15) is 37.7 Å². The first-order valence-electron chi connectivity index (χ1n) is 8.57. The second-order valence-electron chi connectivity index (χ2n) is 5.75. The molecule has 128 valence electrons. The summed E-state index contributed by atoms with van der Waals surface area (Å²) in [5.74, 6) is 1.64. The molecule has 2 aromatic carbocycles. The maximum Gasteiger partial charge on any atom is 0.220 e. The number of benzene rings is 2. The Labute approximate surface area is 144 Å². The predicted molar refractivity (Wildman–Crippen MR) is 96.9 cm³/mol. The number of amides is 1. The lowest BCUT2D eigenvalue weighted by Gasteiger charge is -2.12. The van der Waals surface area contributed by atoms with Crippen molar-refractivity contribution in [3.05, 3.63) is 60.2 Å². The molecule has 0 aliphatic heterocycles. The summed E-state index contributed by atoms with van der Waals surface area (Å²) >= 11 is 0. The first-order chi connectivity index (χ1) is 11.8. The van der Waals surface area contributed by atoms with Crippen molar-refractivity contribution >= 4 is 5.91 Å². The molecule has 0 atom stereocenters. The highest BCUT2D eigenvalue weighted by molar-refractivity contribution is 5.75. The molecule has 0 radical (unpaired) electrons. The van der Waals surface area contributed by atoms with E-state index in [-0.39, 0.29) is 5.91 Å². The molecule has 0 saturated carbocycles. The Hall–Kier alpha value is -2.33. The van der Waals surface area contributed by atoms with E-state index < -0.39 is 0 Å². The van der Waals surface area contributed by atoms with Crippen molar-refractivity contribution in [3.8, 4) is 11.5 Å².